The Morgan fingerprint density at radius 3 is 2.56 bits per heavy atom. The Morgan fingerprint density at radius 1 is 1.07 bits per heavy atom. The van der Waals surface area contributed by atoms with Crippen molar-refractivity contribution < 1.29 is 14.0 Å². The van der Waals surface area contributed by atoms with Crippen molar-refractivity contribution in [3.63, 3.8) is 0 Å². The normalized spacial score (nSPS) is 17.4. The summed E-state index contributed by atoms with van der Waals surface area (Å²) in [6.45, 7) is 1.21. The molecule has 0 spiro atoms. The van der Waals surface area contributed by atoms with Gasteiger partial charge in [-0.05, 0) is 36.8 Å². The molecule has 3 nitrogen and oxygen atoms in total. The van der Waals surface area contributed by atoms with Crippen molar-refractivity contribution in [2.75, 3.05) is 18.8 Å². The van der Waals surface area contributed by atoms with Gasteiger partial charge in [0.1, 0.15) is 5.82 Å². The summed E-state index contributed by atoms with van der Waals surface area (Å²) in [5, 5.41) is 0.633. The second kappa shape index (κ2) is 9.38. The molecule has 1 amide bonds. The van der Waals surface area contributed by atoms with Crippen molar-refractivity contribution >= 4 is 35.1 Å². The average Bonchev–Trinajstić information content (AvgIpc) is 2.93. The molecule has 2 aromatic carbocycles. The smallest absolute Gasteiger partial charge is 0.223 e. The highest BCUT2D eigenvalue weighted by atomic mass is 35.5. The van der Waals surface area contributed by atoms with E-state index in [4.69, 9.17) is 11.6 Å². The monoisotopic (exact) mass is 405 g/mol. The molecule has 2 aromatic rings. The number of amides is 1. The highest BCUT2D eigenvalue weighted by Gasteiger charge is 2.24. The SMILES string of the molecule is O=C(CCC(=O)N1CCSC(c2ccccc2F)CC1)c1ccc(Cl)cc1. The van der Waals surface area contributed by atoms with E-state index < -0.39 is 0 Å². The largest absolute Gasteiger partial charge is 0.342 e. The van der Waals surface area contributed by atoms with Crippen molar-refractivity contribution in [1.82, 2.24) is 4.90 Å². The van der Waals surface area contributed by atoms with Crippen molar-refractivity contribution in [1.29, 1.82) is 0 Å². The summed E-state index contributed by atoms with van der Waals surface area (Å²) in [5.41, 5.74) is 1.27. The van der Waals surface area contributed by atoms with Gasteiger partial charge in [-0.2, -0.15) is 11.8 Å². The molecule has 142 valence electrons. The Labute approximate surface area is 167 Å². The molecular weight excluding hydrogens is 385 g/mol. The minimum Gasteiger partial charge on any atom is -0.342 e. The minimum absolute atomic E-state index is 0.0212. The average molecular weight is 406 g/mol. The maximum atomic E-state index is 14.0. The third-order valence-corrected chi connectivity index (χ3v) is 6.24. The van der Waals surface area contributed by atoms with Gasteiger partial charge in [-0.1, -0.05) is 29.8 Å². The number of ketones is 1. The topological polar surface area (TPSA) is 37.4 Å². The Morgan fingerprint density at radius 2 is 1.81 bits per heavy atom. The molecule has 0 aliphatic carbocycles. The maximum Gasteiger partial charge on any atom is 0.223 e. The van der Waals surface area contributed by atoms with Gasteiger partial charge < -0.3 is 4.90 Å². The molecule has 0 bridgehead atoms. The van der Waals surface area contributed by atoms with Gasteiger partial charge in [-0.15, -0.1) is 0 Å². The van der Waals surface area contributed by atoms with Gasteiger partial charge in [0.2, 0.25) is 5.91 Å². The number of carbonyl (C=O) groups excluding carboxylic acids is 2. The Bertz CT molecular complexity index is 812. The molecule has 27 heavy (non-hydrogen) atoms. The first kappa shape index (κ1) is 19.9. The maximum absolute atomic E-state index is 14.0. The van der Waals surface area contributed by atoms with E-state index in [0.717, 1.165) is 5.75 Å². The van der Waals surface area contributed by atoms with E-state index in [2.05, 4.69) is 0 Å². The summed E-state index contributed by atoms with van der Waals surface area (Å²) in [6.07, 6.45) is 1.08. The number of benzene rings is 2. The molecular formula is C21H21ClFNO2S. The van der Waals surface area contributed by atoms with E-state index in [1.54, 1.807) is 47.0 Å². The fourth-order valence-electron chi connectivity index (χ4n) is 3.16. The number of halogens is 2. The Hall–Kier alpha value is -1.85. The van der Waals surface area contributed by atoms with E-state index >= 15 is 0 Å². The molecule has 1 unspecified atom stereocenters. The highest BCUT2D eigenvalue weighted by Crippen LogP contribution is 2.35. The number of nitrogens with zero attached hydrogens (tertiary/aromatic N) is 1. The van der Waals surface area contributed by atoms with Crippen molar-refractivity contribution in [2.45, 2.75) is 24.5 Å². The van der Waals surface area contributed by atoms with Crippen LogP contribution in [0.1, 0.15) is 40.4 Å². The predicted octanol–water partition coefficient (Wildman–Crippen LogP) is 5.15. The summed E-state index contributed by atoms with van der Waals surface area (Å²) in [7, 11) is 0. The van der Waals surface area contributed by atoms with Crippen LogP contribution in [0.15, 0.2) is 48.5 Å². The van der Waals surface area contributed by atoms with Gasteiger partial charge >= 0.3 is 0 Å². The van der Waals surface area contributed by atoms with Crippen molar-refractivity contribution in [2.24, 2.45) is 0 Å². The fraction of sp³-hybridized carbons (Fsp3) is 0.333. The molecule has 0 radical (unpaired) electrons. The summed E-state index contributed by atoms with van der Waals surface area (Å²) in [6, 6.07) is 13.5. The molecule has 0 aromatic heterocycles. The van der Waals surface area contributed by atoms with Crippen LogP contribution < -0.4 is 0 Å². The van der Waals surface area contributed by atoms with Crippen molar-refractivity contribution in [3.05, 3.63) is 70.5 Å². The first-order valence-electron chi connectivity index (χ1n) is 8.97. The quantitative estimate of drug-likeness (QED) is 0.645. The van der Waals surface area contributed by atoms with Crippen LogP contribution >= 0.6 is 23.4 Å². The molecule has 1 saturated heterocycles. The van der Waals surface area contributed by atoms with Gasteiger partial charge in [0, 0.05) is 53.1 Å². The minimum atomic E-state index is -0.191. The summed E-state index contributed by atoms with van der Waals surface area (Å²) in [5.74, 6) is 0.486. The molecule has 3 rings (SSSR count). The van der Waals surface area contributed by atoms with E-state index in [0.29, 0.717) is 35.7 Å². The fourth-order valence-corrected chi connectivity index (χ4v) is 4.54. The third kappa shape index (κ3) is 5.33. The zero-order valence-corrected chi connectivity index (χ0v) is 16.4. The number of rotatable bonds is 5. The second-order valence-electron chi connectivity index (χ2n) is 6.48. The molecule has 0 N–H and O–H groups in total. The van der Waals surface area contributed by atoms with Crippen LogP contribution in [0.3, 0.4) is 0 Å². The van der Waals surface area contributed by atoms with Crippen LogP contribution in [0.2, 0.25) is 5.02 Å². The van der Waals surface area contributed by atoms with E-state index in [1.807, 2.05) is 12.1 Å². The van der Waals surface area contributed by atoms with Gasteiger partial charge in [-0.3, -0.25) is 9.59 Å². The first-order chi connectivity index (χ1) is 13.0. The summed E-state index contributed by atoms with van der Waals surface area (Å²) >= 11 is 7.51. The Balaban J connectivity index is 1.53. The van der Waals surface area contributed by atoms with E-state index in [-0.39, 0.29) is 35.6 Å². The van der Waals surface area contributed by atoms with Crippen LogP contribution in [0, 0.1) is 5.82 Å². The van der Waals surface area contributed by atoms with E-state index in [9.17, 15) is 14.0 Å². The second-order valence-corrected chi connectivity index (χ2v) is 8.23. The van der Waals surface area contributed by atoms with E-state index in [1.165, 1.54) is 6.07 Å². The lowest BCUT2D eigenvalue weighted by Gasteiger charge is -2.20. The highest BCUT2D eigenvalue weighted by molar-refractivity contribution is 7.99. The van der Waals surface area contributed by atoms with Crippen LogP contribution in [-0.4, -0.2) is 35.4 Å². The summed E-state index contributed by atoms with van der Waals surface area (Å²) in [4.78, 5) is 26.5. The van der Waals surface area contributed by atoms with Crippen LogP contribution in [0.25, 0.3) is 0 Å². The summed E-state index contributed by atoms with van der Waals surface area (Å²) < 4.78 is 14.0. The molecule has 0 saturated carbocycles. The molecule has 1 aliphatic rings. The molecule has 6 heteroatoms. The van der Waals surface area contributed by atoms with Gasteiger partial charge in [-0.25, -0.2) is 4.39 Å². The number of thioether (sulfide) groups is 1. The molecule has 1 atom stereocenters. The molecule has 1 aliphatic heterocycles. The zero-order chi connectivity index (χ0) is 19.2. The number of carbonyl (C=O) groups is 2. The number of Topliss-reactive ketones (excluding diaryl/α,β-unsaturated/α-hetero) is 1. The van der Waals surface area contributed by atoms with Crippen LogP contribution in [0.4, 0.5) is 4.39 Å². The van der Waals surface area contributed by atoms with Crippen LogP contribution in [0.5, 0.6) is 0 Å². The van der Waals surface area contributed by atoms with Gasteiger partial charge in [0.15, 0.2) is 5.78 Å². The lowest BCUT2D eigenvalue weighted by atomic mass is 10.1. The molecule has 1 heterocycles. The molecule has 1 fully saturated rings. The lowest BCUT2D eigenvalue weighted by molar-refractivity contribution is -0.130. The third-order valence-electron chi connectivity index (χ3n) is 4.68. The Kier molecular flexibility index (Phi) is 6.91. The van der Waals surface area contributed by atoms with Gasteiger partial charge in [0.05, 0.1) is 0 Å². The lowest BCUT2D eigenvalue weighted by Crippen LogP contribution is -2.33. The van der Waals surface area contributed by atoms with Crippen LogP contribution in [-0.2, 0) is 4.79 Å². The predicted molar refractivity (Wildman–Crippen MR) is 108 cm³/mol. The van der Waals surface area contributed by atoms with Crippen molar-refractivity contribution in [3.8, 4) is 0 Å². The number of hydrogen-bond acceptors (Lipinski definition) is 3. The zero-order valence-electron chi connectivity index (χ0n) is 14.9. The first-order valence-corrected chi connectivity index (χ1v) is 10.4. The standard InChI is InChI=1S/C21H21ClFNO2S/c22-16-7-5-15(6-8-16)19(25)9-10-21(26)24-12-11-20(27-14-13-24)17-3-1-2-4-18(17)23/h1-8,20H,9-14H2. The van der Waals surface area contributed by atoms with Gasteiger partial charge in [0.25, 0.3) is 0 Å². The number of hydrogen-bond donors (Lipinski definition) is 0.